The van der Waals surface area contributed by atoms with Crippen molar-refractivity contribution in [2.45, 2.75) is 0 Å². The minimum atomic E-state index is -0.210. The number of carbonyl (C=O) groups excluding carboxylic acids is 1. The first kappa shape index (κ1) is 17.0. The van der Waals surface area contributed by atoms with Gasteiger partial charge in [-0.05, 0) is 36.4 Å². The molecule has 0 saturated heterocycles. The van der Waals surface area contributed by atoms with E-state index in [-0.39, 0.29) is 12.4 Å². The average molecular weight is 358 g/mol. The lowest BCUT2D eigenvalue weighted by Gasteiger charge is -2.11. The standard InChI is InChI=1S/C19H16ClNO4/c1-23-12-5-6-14(18(10-12)24-2)16(22)11-25-17-8-7-15(20)13-4-3-9-21-19(13)17/h3-10H,11H2,1-2H3. The quantitative estimate of drug-likeness (QED) is 0.620. The summed E-state index contributed by atoms with van der Waals surface area (Å²) in [7, 11) is 3.06. The number of rotatable bonds is 6. The molecular formula is C19H16ClNO4. The lowest BCUT2D eigenvalue weighted by Crippen LogP contribution is -2.13. The van der Waals surface area contributed by atoms with Gasteiger partial charge in [0.05, 0.1) is 24.8 Å². The molecule has 5 nitrogen and oxygen atoms in total. The maximum Gasteiger partial charge on any atom is 0.203 e. The van der Waals surface area contributed by atoms with Crippen LogP contribution in [0.5, 0.6) is 17.2 Å². The van der Waals surface area contributed by atoms with E-state index in [4.69, 9.17) is 25.8 Å². The number of hydrogen-bond acceptors (Lipinski definition) is 5. The van der Waals surface area contributed by atoms with Crippen LogP contribution in [-0.4, -0.2) is 31.6 Å². The normalized spacial score (nSPS) is 10.5. The van der Waals surface area contributed by atoms with Gasteiger partial charge in [0.15, 0.2) is 6.61 Å². The van der Waals surface area contributed by atoms with Gasteiger partial charge in [-0.15, -0.1) is 0 Å². The van der Waals surface area contributed by atoms with Crippen LogP contribution in [0.4, 0.5) is 0 Å². The van der Waals surface area contributed by atoms with Crippen LogP contribution < -0.4 is 14.2 Å². The van der Waals surface area contributed by atoms with Crippen LogP contribution >= 0.6 is 11.6 Å². The molecule has 1 heterocycles. The molecule has 25 heavy (non-hydrogen) atoms. The molecule has 0 fully saturated rings. The summed E-state index contributed by atoms with van der Waals surface area (Å²) in [4.78, 5) is 16.8. The Kier molecular flexibility index (Phi) is 5.05. The Balaban J connectivity index is 1.83. The van der Waals surface area contributed by atoms with E-state index >= 15 is 0 Å². The van der Waals surface area contributed by atoms with E-state index in [2.05, 4.69) is 4.98 Å². The minimum absolute atomic E-state index is 0.143. The molecule has 0 bridgehead atoms. The Hall–Kier alpha value is -2.79. The van der Waals surface area contributed by atoms with Gasteiger partial charge in [0.25, 0.3) is 0 Å². The Morgan fingerprint density at radius 2 is 1.92 bits per heavy atom. The highest BCUT2D eigenvalue weighted by Crippen LogP contribution is 2.30. The Morgan fingerprint density at radius 1 is 1.08 bits per heavy atom. The summed E-state index contributed by atoms with van der Waals surface area (Å²) in [6.07, 6.45) is 1.65. The van der Waals surface area contributed by atoms with Crippen LogP contribution in [0.2, 0.25) is 5.02 Å². The number of halogens is 1. The SMILES string of the molecule is COc1ccc(C(=O)COc2ccc(Cl)c3cccnc23)c(OC)c1. The summed E-state index contributed by atoms with van der Waals surface area (Å²) >= 11 is 6.16. The van der Waals surface area contributed by atoms with Crippen molar-refractivity contribution >= 4 is 28.3 Å². The number of carbonyl (C=O) groups is 1. The van der Waals surface area contributed by atoms with Crippen molar-refractivity contribution in [1.82, 2.24) is 4.98 Å². The fourth-order valence-corrected chi connectivity index (χ4v) is 2.69. The molecule has 2 aromatic carbocycles. The molecule has 0 aliphatic heterocycles. The molecule has 0 amide bonds. The van der Waals surface area contributed by atoms with Crippen molar-refractivity contribution in [3.8, 4) is 17.2 Å². The van der Waals surface area contributed by atoms with Crippen molar-refractivity contribution in [2.75, 3.05) is 20.8 Å². The van der Waals surface area contributed by atoms with Gasteiger partial charge in [-0.2, -0.15) is 0 Å². The zero-order valence-corrected chi connectivity index (χ0v) is 14.5. The number of fused-ring (bicyclic) bond motifs is 1. The van der Waals surface area contributed by atoms with Gasteiger partial charge in [-0.25, -0.2) is 0 Å². The zero-order valence-electron chi connectivity index (χ0n) is 13.8. The largest absolute Gasteiger partial charge is 0.497 e. The summed E-state index contributed by atoms with van der Waals surface area (Å²) < 4.78 is 16.1. The number of Topliss-reactive ketones (excluding diaryl/α,β-unsaturated/α-hetero) is 1. The second-order valence-corrected chi connectivity index (χ2v) is 5.63. The highest BCUT2D eigenvalue weighted by molar-refractivity contribution is 6.35. The van der Waals surface area contributed by atoms with Crippen LogP contribution in [-0.2, 0) is 0 Å². The van der Waals surface area contributed by atoms with E-state index < -0.39 is 0 Å². The molecular weight excluding hydrogens is 342 g/mol. The highest BCUT2D eigenvalue weighted by atomic mass is 35.5. The first-order valence-electron chi connectivity index (χ1n) is 7.55. The molecule has 0 saturated carbocycles. The van der Waals surface area contributed by atoms with Gasteiger partial charge in [-0.3, -0.25) is 9.78 Å². The molecule has 0 unspecified atom stereocenters. The van der Waals surface area contributed by atoms with E-state index in [9.17, 15) is 4.79 Å². The van der Waals surface area contributed by atoms with E-state index in [1.165, 1.54) is 7.11 Å². The van der Waals surface area contributed by atoms with Crippen molar-refractivity contribution in [2.24, 2.45) is 0 Å². The smallest absolute Gasteiger partial charge is 0.203 e. The van der Waals surface area contributed by atoms with E-state index in [1.807, 2.05) is 6.07 Å². The number of methoxy groups -OCH3 is 2. The van der Waals surface area contributed by atoms with E-state index in [0.717, 1.165) is 5.39 Å². The number of hydrogen-bond donors (Lipinski definition) is 0. The monoisotopic (exact) mass is 357 g/mol. The maximum absolute atomic E-state index is 12.5. The lowest BCUT2D eigenvalue weighted by molar-refractivity contribution is 0.0919. The van der Waals surface area contributed by atoms with Crippen molar-refractivity contribution in [3.05, 3.63) is 59.2 Å². The Morgan fingerprint density at radius 3 is 2.68 bits per heavy atom. The number of nitrogens with zero attached hydrogens (tertiary/aromatic N) is 1. The molecule has 3 aromatic rings. The van der Waals surface area contributed by atoms with E-state index in [0.29, 0.717) is 33.4 Å². The third-order valence-electron chi connectivity index (χ3n) is 3.75. The highest BCUT2D eigenvalue weighted by Gasteiger charge is 2.15. The predicted molar refractivity (Wildman–Crippen MR) is 96.1 cm³/mol. The van der Waals surface area contributed by atoms with Gasteiger partial charge < -0.3 is 14.2 Å². The minimum Gasteiger partial charge on any atom is -0.497 e. The Labute approximate surface area is 150 Å². The molecule has 3 rings (SSSR count). The molecule has 0 atom stereocenters. The van der Waals surface area contributed by atoms with Crippen LogP contribution in [0.15, 0.2) is 48.7 Å². The van der Waals surface area contributed by atoms with Gasteiger partial charge >= 0.3 is 0 Å². The van der Waals surface area contributed by atoms with Crippen molar-refractivity contribution in [3.63, 3.8) is 0 Å². The first-order chi connectivity index (χ1) is 12.1. The molecule has 6 heteroatoms. The van der Waals surface area contributed by atoms with Crippen molar-refractivity contribution < 1.29 is 19.0 Å². The molecule has 0 radical (unpaired) electrons. The molecule has 128 valence electrons. The topological polar surface area (TPSA) is 57.7 Å². The zero-order chi connectivity index (χ0) is 17.8. The number of ether oxygens (including phenoxy) is 3. The summed E-state index contributed by atoms with van der Waals surface area (Å²) in [6, 6.07) is 12.1. The number of pyridine rings is 1. The van der Waals surface area contributed by atoms with Gasteiger partial charge in [0.2, 0.25) is 5.78 Å². The second-order valence-electron chi connectivity index (χ2n) is 5.22. The fourth-order valence-electron chi connectivity index (χ4n) is 2.48. The third-order valence-corrected chi connectivity index (χ3v) is 4.08. The van der Waals surface area contributed by atoms with Crippen LogP contribution in [0.3, 0.4) is 0 Å². The van der Waals surface area contributed by atoms with E-state index in [1.54, 1.807) is 49.7 Å². The molecule has 0 aliphatic carbocycles. The van der Waals surface area contributed by atoms with Crippen LogP contribution in [0.1, 0.15) is 10.4 Å². The molecule has 1 aromatic heterocycles. The molecule has 0 spiro atoms. The van der Waals surface area contributed by atoms with Crippen molar-refractivity contribution in [1.29, 1.82) is 0 Å². The number of benzene rings is 2. The lowest BCUT2D eigenvalue weighted by atomic mass is 10.1. The first-order valence-corrected chi connectivity index (χ1v) is 7.93. The Bertz CT molecular complexity index is 926. The number of ketones is 1. The maximum atomic E-state index is 12.5. The predicted octanol–water partition coefficient (Wildman–Crippen LogP) is 4.17. The van der Waals surface area contributed by atoms with Gasteiger partial charge in [0.1, 0.15) is 22.8 Å². The fraction of sp³-hybridized carbons (Fsp3) is 0.158. The summed E-state index contributed by atoms with van der Waals surface area (Å²) in [5, 5.41) is 1.36. The number of aromatic nitrogens is 1. The van der Waals surface area contributed by atoms with Crippen LogP contribution in [0.25, 0.3) is 10.9 Å². The second kappa shape index (κ2) is 7.40. The third kappa shape index (κ3) is 3.51. The van der Waals surface area contributed by atoms with Gasteiger partial charge in [-0.1, -0.05) is 11.6 Å². The average Bonchev–Trinajstić information content (AvgIpc) is 2.67. The molecule has 0 aliphatic rings. The molecule has 0 N–H and O–H groups in total. The van der Waals surface area contributed by atoms with Crippen LogP contribution in [0, 0.1) is 0 Å². The summed E-state index contributed by atoms with van der Waals surface area (Å²) in [5.41, 5.74) is 1.04. The van der Waals surface area contributed by atoms with Gasteiger partial charge in [0, 0.05) is 17.6 Å². The summed E-state index contributed by atoms with van der Waals surface area (Å²) in [6.45, 7) is -0.143. The summed E-state index contributed by atoms with van der Waals surface area (Å²) in [5.74, 6) is 1.34.